The van der Waals surface area contributed by atoms with E-state index in [1.807, 2.05) is 53.9 Å². The summed E-state index contributed by atoms with van der Waals surface area (Å²) in [6.07, 6.45) is 4.01. The van der Waals surface area contributed by atoms with Crippen LogP contribution in [-0.4, -0.2) is 0 Å². The van der Waals surface area contributed by atoms with Crippen LogP contribution < -0.4 is 0 Å². The van der Waals surface area contributed by atoms with E-state index in [0.717, 1.165) is 16.0 Å². The second-order valence-corrected chi connectivity index (χ2v) is 4.00. The van der Waals surface area contributed by atoms with Gasteiger partial charge in [-0.3, -0.25) is 0 Å². The van der Waals surface area contributed by atoms with Crippen LogP contribution in [0.2, 0.25) is 0 Å². The second-order valence-electron chi connectivity index (χ2n) is 3.05. The first-order chi connectivity index (χ1) is 7.40. The van der Waals surface area contributed by atoms with Crippen molar-refractivity contribution >= 4 is 23.5 Å². The van der Waals surface area contributed by atoms with Gasteiger partial charge < -0.3 is 0 Å². The van der Waals surface area contributed by atoms with Gasteiger partial charge in [-0.1, -0.05) is 36.4 Å². The van der Waals surface area contributed by atoms with Gasteiger partial charge in [-0.25, -0.2) is 0 Å². The maximum Gasteiger partial charge on any atom is 0.101 e. The Morgan fingerprint density at radius 3 is 2.60 bits per heavy atom. The first-order valence-corrected chi connectivity index (χ1v) is 5.49. The Morgan fingerprint density at radius 2 is 1.87 bits per heavy atom. The lowest BCUT2D eigenvalue weighted by Gasteiger charge is -1.90. The number of benzene rings is 1. The molecule has 0 radical (unpaired) electrons. The number of thiophene rings is 1. The molecule has 0 fully saturated rings. The first-order valence-electron chi connectivity index (χ1n) is 4.61. The number of rotatable bonds is 2. The van der Waals surface area contributed by atoms with Gasteiger partial charge in [0.05, 0.1) is 5.56 Å². The zero-order valence-electron chi connectivity index (χ0n) is 8.05. The lowest BCUT2D eigenvalue weighted by molar-refractivity contribution is 1.50. The molecule has 0 N–H and O–H groups in total. The summed E-state index contributed by atoms with van der Waals surface area (Å²) in [7, 11) is 0. The van der Waals surface area contributed by atoms with Crippen LogP contribution in [0.25, 0.3) is 12.2 Å². The minimum Gasteiger partial charge on any atom is -0.192 e. The highest BCUT2D eigenvalue weighted by Crippen LogP contribution is 2.18. The smallest absolute Gasteiger partial charge is 0.101 e. The van der Waals surface area contributed by atoms with Gasteiger partial charge in [0, 0.05) is 4.88 Å². The second kappa shape index (κ2) is 4.59. The fraction of sp³-hybridized carbons (Fsp3) is 0. The van der Waals surface area contributed by atoms with E-state index < -0.39 is 0 Å². The molecule has 1 aromatic carbocycles. The average molecular weight is 211 g/mol. The molecule has 0 aliphatic rings. The topological polar surface area (TPSA) is 23.8 Å². The van der Waals surface area contributed by atoms with Crippen molar-refractivity contribution in [2.75, 3.05) is 0 Å². The van der Waals surface area contributed by atoms with Crippen LogP contribution in [0.4, 0.5) is 0 Å². The van der Waals surface area contributed by atoms with Crippen molar-refractivity contribution in [3.05, 3.63) is 57.8 Å². The van der Waals surface area contributed by atoms with Gasteiger partial charge in [-0.15, -0.1) is 11.3 Å². The van der Waals surface area contributed by atoms with Crippen LogP contribution in [0, 0.1) is 11.3 Å². The first kappa shape index (κ1) is 9.70. The molecule has 0 atom stereocenters. The maximum atomic E-state index is 8.83. The van der Waals surface area contributed by atoms with Gasteiger partial charge in [0.1, 0.15) is 6.07 Å². The Morgan fingerprint density at radius 1 is 1.07 bits per heavy atom. The molecule has 2 heteroatoms. The summed E-state index contributed by atoms with van der Waals surface area (Å²) < 4.78 is 0. The van der Waals surface area contributed by atoms with Crippen LogP contribution >= 0.6 is 11.3 Å². The van der Waals surface area contributed by atoms with Gasteiger partial charge in [0.25, 0.3) is 0 Å². The molecular weight excluding hydrogens is 202 g/mol. The van der Waals surface area contributed by atoms with E-state index in [1.54, 1.807) is 11.3 Å². The lowest BCUT2D eigenvalue weighted by atomic mass is 10.2. The van der Waals surface area contributed by atoms with Gasteiger partial charge in [0.2, 0.25) is 0 Å². The Labute approximate surface area is 92.9 Å². The third-order valence-corrected chi connectivity index (χ3v) is 2.92. The molecule has 1 nitrogen and oxygen atoms in total. The monoisotopic (exact) mass is 211 g/mol. The standard InChI is InChI=1S/C13H9NS/c14-10-12-8-9-15-13(12)7-6-11-4-2-1-3-5-11/h1-9H. The normalized spacial score (nSPS) is 10.3. The Balaban J connectivity index is 2.23. The van der Waals surface area contributed by atoms with E-state index in [4.69, 9.17) is 5.26 Å². The van der Waals surface area contributed by atoms with Crippen molar-refractivity contribution in [3.63, 3.8) is 0 Å². The van der Waals surface area contributed by atoms with Crippen molar-refractivity contribution in [1.82, 2.24) is 0 Å². The molecule has 1 heterocycles. The third kappa shape index (κ3) is 2.34. The summed E-state index contributed by atoms with van der Waals surface area (Å²) in [4.78, 5) is 1.02. The molecule has 0 saturated carbocycles. The zero-order chi connectivity index (χ0) is 10.5. The van der Waals surface area contributed by atoms with E-state index >= 15 is 0 Å². The van der Waals surface area contributed by atoms with E-state index in [0.29, 0.717) is 0 Å². The Bertz CT molecular complexity index is 503. The zero-order valence-corrected chi connectivity index (χ0v) is 8.87. The molecule has 0 aliphatic carbocycles. The van der Waals surface area contributed by atoms with Crippen LogP contribution in [0.5, 0.6) is 0 Å². The quantitative estimate of drug-likeness (QED) is 0.741. The molecule has 1 aromatic heterocycles. The molecule has 0 amide bonds. The summed E-state index contributed by atoms with van der Waals surface area (Å²) >= 11 is 1.58. The van der Waals surface area contributed by atoms with E-state index in [2.05, 4.69) is 6.07 Å². The highest BCUT2D eigenvalue weighted by Gasteiger charge is 1.97. The molecule has 15 heavy (non-hydrogen) atoms. The molecule has 0 aliphatic heterocycles. The average Bonchev–Trinajstić information content (AvgIpc) is 2.75. The van der Waals surface area contributed by atoms with Crippen LogP contribution in [0.1, 0.15) is 16.0 Å². The van der Waals surface area contributed by atoms with Crippen LogP contribution in [0.15, 0.2) is 41.8 Å². The Kier molecular flexibility index (Phi) is 2.96. The predicted octanol–water partition coefficient (Wildman–Crippen LogP) is 3.79. The summed E-state index contributed by atoms with van der Waals surface area (Å²) in [5.41, 5.74) is 1.89. The molecule has 2 aromatic rings. The number of nitrogens with zero attached hydrogens (tertiary/aromatic N) is 1. The summed E-state index contributed by atoms with van der Waals surface area (Å²) in [5, 5.41) is 10.8. The number of hydrogen-bond donors (Lipinski definition) is 0. The molecule has 72 valence electrons. The number of hydrogen-bond acceptors (Lipinski definition) is 2. The minimum atomic E-state index is 0.743. The molecule has 0 bridgehead atoms. The van der Waals surface area contributed by atoms with Gasteiger partial charge >= 0.3 is 0 Å². The maximum absolute atomic E-state index is 8.83. The summed E-state index contributed by atoms with van der Waals surface area (Å²) in [5.74, 6) is 0. The molecule has 0 saturated heterocycles. The van der Waals surface area contributed by atoms with Gasteiger partial charge in [-0.05, 0) is 23.1 Å². The molecule has 0 spiro atoms. The van der Waals surface area contributed by atoms with E-state index in [9.17, 15) is 0 Å². The van der Waals surface area contributed by atoms with Crippen molar-refractivity contribution < 1.29 is 0 Å². The largest absolute Gasteiger partial charge is 0.192 e. The van der Waals surface area contributed by atoms with E-state index in [1.165, 1.54) is 0 Å². The highest BCUT2D eigenvalue weighted by molar-refractivity contribution is 7.11. The van der Waals surface area contributed by atoms with Crippen molar-refractivity contribution in [2.24, 2.45) is 0 Å². The Hall–Kier alpha value is -1.85. The SMILES string of the molecule is N#Cc1ccsc1C=Cc1ccccc1. The van der Waals surface area contributed by atoms with Crippen molar-refractivity contribution in [1.29, 1.82) is 5.26 Å². The highest BCUT2D eigenvalue weighted by atomic mass is 32.1. The van der Waals surface area contributed by atoms with Gasteiger partial charge in [-0.2, -0.15) is 5.26 Å². The predicted molar refractivity (Wildman–Crippen MR) is 64.4 cm³/mol. The summed E-state index contributed by atoms with van der Waals surface area (Å²) in [6.45, 7) is 0. The summed E-state index contributed by atoms with van der Waals surface area (Å²) in [6, 6.07) is 14.1. The van der Waals surface area contributed by atoms with Gasteiger partial charge in [0.15, 0.2) is 0 Å². The molecule has 0 unspecified atom stereocenters. The lowest BCUT2D eigenvalue weighted by Crippen LogP contribution is -1.71. The number of nitriles is 1. The molecule has 2 rings (SSSR count). The fourth-order valence-electron chi connectivity index (χ4n) is 1.28. The fourth-order valence-corrected chi connectivity index (χ4v) is 2.02. The van der Waals surface area contributed by atoms with Crippen molar-refractivity contribution in [2.45, 2.75) is 0 Å². The minimum absolute atomic E-state index is 0.743. The van der Waals surface area contributed by atoms with Crippen LogP contribution in [-0.2, 0) is 0 Å². The van der Waals surface area contributed by atoms with Crippen molar-refractivity contribution in [3.8, 4) is 6.07 Å². The van der Waals surface area contributed by atoms with E-state index in [-0.39, 0.29) is 0 Å². The van der Waals surface area contributed by atoms with Crippen LogP contribution in [0.3, 0.4) is 0 Å². The third-order valence-electron chi connectivity index (χ3n) is 2.04. The molecular formula is C13H9NS.